The monoisotopic (exact) mass is 308 g/mol. The highest BCUT2D eigenvalue weighted by Crippen LogP contribution is 2.22. The Labute approximate surface area is 116 Å². The van der Waals surface area contributed by atoms with Crippen molar-refractivity contribution < 1.29 is 0 Å². The van der Waals surface area contributed by atoms with Gasteiger partial charge < -0.3 is 5.32 Å². The summed E-state index contributed by atoms with van der Waals surface area (Å²) in [6.07, 6.45) is 8.76. The van der Waals surface area contributed by atoms with Gasteiger partial charge in [0.2, 0.25) is 0 Å². The molecule has 0 radical (unpaired) electrons. The minimum absolute atomic E-state index is 0.126. The quantitative estimate of drug-likeness (QED) is 0.923. The van der Waals surface area contributed by atoms with Gasteiger partial charge in [-0.1, -0.05) is 6.92 Å². The van der Waals surface area contributed by atoms with E-state index in [1.165, 1.54) is 0 Å². The first kappa shape index (κ1) is 13.2. The Hall–Kier alpha value is -1.20. The molecular formula is C13H17BrN4. The van der Waals surface area contributed by atoms with E-state index in [2.05, 4.69) is 50.5 Å². The zero-order valence-corrected chi connectivity index (χ0v) is 12.2. The van der Waals surface area contributed by atoms with E-state index in [1.807, 2.05) is 24.1 Å². The first-order valence-electron chi connectivity index (χ1n) is 6.04. The molecule has 18 heavy (non-hydrogen) atoms. The SMILES string of the molecule is CCCn1cc(C(NC)c2cncc(Br)c2)cn1. The normalized spacial score (nSPS) is 12.6. The van der Waals surface area contributed by atoms with Gasteiger partial charge in [0.05, 0.1) is 12.2 Å². The molecule has 0 spiro atoms. The molecule has 4 nitrogen and oxygen atoms in total. The largest absolute Gasteiger partial charge is 0.309 e. The Bertz CT molecular complexity index is 509. The number of rotatable bonds is 5. The summed E-state index contributed by atoms with van der Waals surface area (Å²) >= 11 is 3.45. The van der Waals surface area contributed by atoms with Gasteiger partial charge in [0.1, 0.15) is 0 Å². The van der Waals surface area contributed by atoms with Gasteiger partial charge in [-0.2, -0.15) is 5.10 Å². The van der Waals surface area contributed by atoms with Gasteiger partial charge in [-0.3, -0.25) is 9.67 Å². The Morgan fingerprint density at radius 2 is 2.17 bits per heavy atom. The molecule has 0 saturated carbocycles. The third-order valence-electron chi connectivity index (χ3n) is 2.79. The molecular weight excluding hydrogens is 292 g/mol. The molecule has 0 aliphatic rings. The van der Waals surface area contributed by atoms with Crippen LogP contribution >= 0.6 is 15.9 Å². The fourth-order valence-corrected chi connectivity index (χ4v) is 2.37. The fraction of sp³-hybridized carbons (Fsp3) is 0.385. The van der Waals surface area contributed by atoms with E-state index in [-0.39, 0.29) is 6.04 Å². The Kier molecular flexibility index (Phi) is 4.49. The van der Waals surface area contributed by atoms with Crippen LogP contribution in [0, 0.1) is 0 Å². The van der Waals surface area contributed by atoms with Crippen LogP contribution in [0.4, 0.5) is 0 Å². The number of aryl methyl sites for hydroxylation is 1. The molecule has 2 heterocycles. The van der Waals surface area contributed by atoms with Gasteiger partial charge in [0.15, 0.2) is 0 Å². The Morgan fingerprint density at radius 3 is 2.83 bits per heavy atom. The van der Waals surface area contributed by atoms with Crippen LogP contribution in [0.15, 0.2) is 35.3 Å². The van der Waals surface area contributed by atoms with Gasteiger partial charge in [0.25, 0.3) is 0 Å². The summed E-state index contributed by atoms with van der Waals surface area (Å²) in [5.74, 6) is 0. The maximum absolute atomic E-state index is 4.37. The van der Waals surface area contributed by atoms with Gasteiger partial charge >= 0.3 is 0 Å². The molecule has 0 fully saturated rings. The molecule has 96 valence electrons. The van der Waals surface area contributed by atoms with Crippen LogP contribution in [0.2, 0.25) is 0 Å². The highest BCUT2D eigenvalue weighted by atomic mass is 79.9. The fourth-order valence-electron chi connectivity index (χ4n) is 1.99. The predicted molar refractivity (Wildman–Crippen MR) is 75.4 cm³/mol. The maximum Gasteiger partial charge on any atom is 0.0621 e. The van der Waals surface area contributed by atoms with Crippen molar-refractivity contribution in [1.29, 1.82) is 0 Å². The van der Waals surface area contributed by atoms with Crippen molar-refractivity contribution in [1.82, 2.24) is 20.1 Å². The number of halogens is 1. The molecule has 0 bridgehead atoms. The standard InChI is InChI=1S/C13H17BrN4/c1-3-4-18-9-11(7-17-18)13(15-2)10-5-12(14)8-16-6-10/h5-9,13,15H,3-4H2,1-2H3. The number of hydrogen-bond donors (Lipinski definition) is 1. The summed E-state index contributed by atoms with van der Waals surface area (Å²) in [4.78, 5) is 4.21. The van der Waals surface area contributed by atoms with Crippen LogP contribution < -0.4 is 5.32 Å². The lowest BCUT2D eigenvalue weighted by Gasteiger charge is -2.14. The second kappa shape index (κ2) is 6.11. The van der Waals surface area contributed by atoms with Crippen molar-refractivity contribution in [3.8, 4) is 0 Å². The van der Waals surface area contributed by atoms with Crippen LogP contribution in [0.5, 0.6) is 0 Å². The highest BCUT2D eigenvalue weighted by molar-refractivity contribution is 9.10. The third-order valence-corrected chi connectivity index (χ3v) is 3.22. The number of nitrogens with one attached hydrogen (secondary N) is 1. The first-order valence-corrected chi connectivity index (χ1v) is 6.84. The lowest BCUT2D eigenvalue weighted by molar-refractivity contribution is 0.600. The van der Waals surface area contributed by atoms with Crippen molar-refractivity contribution >= 4 is 15.9 Å². The number of pyridine rings is 1. The van der Waals surface area contributed by atoms with Crippen molar-refractivity contribution in [3.05, 3.63) is 46.5 Å². The highest BCUT2D eigenvalue weighted by Gasteiger charge is 2.14. The Morgan fingerprint density at radius 1 is 1.33 bits per heavy atom. The third kappa shape index (κ3) is 2.97. The van der Waals surface area contributed by atoms with E-state index in [0.717, 1.165) is 28.6 Å². The van der Waals surface area contributed by atoms with Crippen LogP contribution in [0.25, 0.3) is 0 Å². The lowest BCUT2D eigenvalue weighted by atomic mass is 10.0. The first-order chi connectivity index (χ1) is 8.74. The Balaban J connectivity index is 2.27. The summed E-state index contributed by atoms with van der Waals surface area (Å²) in [7, 11) is 1.95. The van der Waals surface area contributed by atoms with Crippen LogP contribution in [-0.4, -0.2) is 21.8 Å². The smallest absolute Gasteiger partial charge is 0.0621 e. The average Bonchev–Trinajstić information content (AvgIpc) is 2.79. The molecule has 2 aromatic heterocycles. The van der Waals surface area contributed by atoms with E-state index >= 15 is 0 Å². The zero-order valence-electron chi connectivity index (χ0n) is 10.6. The average molecular weight is 309 g/mol. The van der Waals surface area contributed by atoms with Crippen molar-refractivity contribution in [2.24, 2.45) is 0 Å². The van der Waals surface area contributed by atoms with Gasteiger partial charge in [-0.25, -0.2) is 0 Å². The molecule has 1 atom stereocenters. The number of hydrogen-bond acceptors (Lipinski definition) is 3. The molecule has 0 amide bonds. The molecule has 1 unspecified atom stereocenters. The summed E-state index contributed by atoms with van der Waals surface area (Å²) in [6.45, 7) is 3.10. The van der Waals surface area contributed by atoms with Gasteiger partial charge in [-0.15, -0.1) is 0 Å². The number of aromatic nitrogens is 3. The van der Waals surface area contributed by atoms with Crippen molar-refractivity contribution in [3.63, 3.8) is 0 Å². The minimum Gasteiger partial charge on any atom is -0.309 e. The summed E-state index contributed by atoms with van der Waals surface area (Å²) in [6, 6.07) is 2.20. The summed E-state index contributed by atoms with van der Waals surface area (Å²) < 4.78 is 2.96. The van der Waals surface area contributed by atoms with E-state index in [9.17, 15) is 0 Å². The van der Waals surface area contributed by atoms with Crippen molar-refractivity contribution in [2.45, 2.75) is 25.9 Å². The molecule has 2 aromatic rings. The van der Waals surface area contributed by atoms with E-state index in [1.54, 1.807) is 6.20 Å². The molecule has 0 aliphatic heterocycles. The summed E-state index contributed by atoms with van der Waals surface area (Å²) in [5, 5.41) is 7.67. The molecule has 2 rings (SSSR count). The van der Waals surface area contributed by atoms with Gasteiger partial charge in [0, 0.05) is 35.2 Å². The van der Waals surface area contributed by atoms with Crippen molar-refractivity contribution in [2.75, 3.05) is 7.05 Å². The van der Waals surface area contributed by atoms with E-state index in [4.69, 9.17) is 0 Å². The maximum atomic E-state index is 4.37. The topological polar surface area (TPSA) is 42.7 Å². The summed E-state index contributed by atoms with van der Waals surface area (Å²) in [5.41, 5.74) is 2.29. The van der Waals surface area contributed by atoms with Gasteiger partial charge in [-0.05, 0) is 41.0 Å². The number of nitrogens with zero attached hydrogens (tertiary/aromatic N) is 3. The second-order valence-electron chi connectivity index (χ2n) is 4.19. The predicted octanol–water partition coefficient (Wildman–Crippen LogP) is 2.76. The lowest BCUT2D eigenvalue weighted by Crippen LogP contribution is -2.17. The second-order valence-corrected chi connectivity index (χ2v) is 5.11. The van der Waals surface area contributed by atoms with E-state index < -0.39 is 0 Å². The van der Waals surface area contributed by atoms with Crippen LogP contribution in [0.1, 0.15) is 30.5 Å². The van der Waals surface area contributed by atoms with Crippen LogP contribution in [-0.2, 0) is 6.54 Å². The molecule has 0 saturated heterocycles. The van der Waals surface area contributed by atoms with Crippen LogP contribution in [0.3, 0.4) is 0 Å². The minimum atomic E-state index is 0.126. The molecule has 1 N–H and O–H groups in total. The molecule has 0 aliphatic carbocycles. The zero-order chi connectivity index (χ0) is 13.0. The van der Waals surface area contributed by atoms with E-state index in [0.29, 0.717) is 0 Å². The molecule has 5 heteroatoms. The molecule has 0 aromatic carbocycles.